The van der Waals surface area contributed by atoms with Gasteiger partial charge in [0.25, 0.3) is 0 Å². The second-order valence-corrected chi connectivity index (χ2v) is 6.13. The Balaban J connectivity index is 1.45. The van der Waals surface area contributed by atoms with E-state index < -0.39 is 0 Å². The monoisotopic (exact) mass is 321 g/mol. The molecule has 8 nitrogen and oxygen atoms in total. The molecule has 4 rings (SSSR count). The minimum atomic E-state index is -0.0952. The Kier molecular flexibility index (Phi) is 3.51. The maximum Gasteiger partial charge on any atom is 0.323 e. The van der Waals surface area contributed by atoms with Crippen LogP contribution in [-0.4, -0.2) is 47.5 Å². The lowest BCUT2D eigenvalue weighted by Gasteiger charge is -2.08. The van der Waals surface area contributed by atoms with E-state index in [2.05, 4.69) is 20.4 Å². The molecule has 2 aliphatic rings. The molecular formula is C13H15N5O3S. The highest BCUT2D eigenvalue weighted by Gasteiger charge is 2.25. The third kappa shape index (κ3) is 2.57. The zero-order valence-corrected chi connectivity index (χ0v) is 12.6. The van der Waals surface area contributed by atoms with Crippen molar-refractivity contribution >= 4 is 22.5 Å². The highest BCUT2D eigenvalue weighted by molar-refractivity contribution is 7.14. The number of amides is 2. The number of hydrogen-bond acceptors (Lipinski definition) is 7. The van der Waals surface area contributed by atoms with Crippen LogP contribution in [0.15, 0.2) is 9.90 Å². The molecule has 0 bridgehead atoms. The maximum absolute atomic E-state index is 11.6. The van der Waals surface area contributed by atoms with Crippen molar-refractivity contribution in [3.8, 4) is 0 Å². The number of hydrogen-bond donors (Lipinski definition) is 1. The molecule has 2 aliphatic heterocycles. The normalized spacial score (nSPS) is 21.5. The number of carbonyl (C=O) groups is 1. The predicted molar refractivity (Wildman–Crippen MR) is 78.1 cm³/mol. The van der Waals surface area contributed by atoms with Crippen LogP contribution < -0.4 is 10.2 Å². The number of nitrogens with zero attached hydrogens (tertiary/aromatic N) is 4. The zero-order chi connectivity index (χ0) is 14.9. The number of urea groups is 1. The van der Waals surface area contributed by atoms with E-state index in [9.17, 15) is 4.79 Å². The van der Waals surface area contributed by atoms with E-state index in [0.717, 1.165) is 18.7 Å². The molecule has 116 valence electrons. The quantitative estimate of drug-likeness (QED) is 0.908. The van der Waals surface area contributed by atoms with Crippen LogP contribution >= 0.6 is 11.3 Å². The second-order valence-electron chi connectivity index (χ2n) is 5.29. The molecular weight excluding hydrogens is 306 g/mol. The molecule has 2 aromatic rings. The number of thiazole rings is 1. The van der Waals surface area contributed by atoms with Gasteiger partial charge in [0.2, 0.25) is 5.89 Å². The summed E-state index contributed by atoms with van der Waals surface area (Å²) in [6.07, 6.45) is 1.41. The van der Waals surface area contributed by atoms with E-state index in [1.54, 1.807) is 4.90 Å². The third-order valence-electron chi connectivity index (χ3n) is 3.74. The molecule has 9 heteroatoms. The van der Waals surface area contributed by atoms with Crippen molar-refractivity contribution in [2.45, 2.75) is 18.8 Å². The molecule has 0 spiro atoms. The Hall–Kier alpha value is -2.00. The molecule has 2 amide bonds. The number of ether oxygens (including phenoxy) is 1. The molecule has 4 heterocycles. The molecule has 1 atom stereocenters. The van der Waals surface area contributed by atoms with Gasteiger partial charge in [-0.15, -0.1) is 11.3 Å². The van der Waals surface area contributed by atoms with E-state index in [1.165, 1.54) is 11.3 Å². The Morgan fingerprint density at radius 2 is 2.41 bits per heavy atom. The third-order valence-corrected chi connectivity index (χ3v) is 4.65. The van der Waals surface area contributed by atoms with Crippen LogP contribution in [-0.2, 0) is 11.2 Å². The lowest BCUT2D eigenvalue weighted by atomic mass is 10.1. The van der Waals surface area contributed by atoms with Crippen LogP contribution in [0.4, 0.5) is 9.93 Å². The average Bonchev–Trinajstić information content (AvgIpc) is 3.25. The van der Waals surface area contributed by atoms with E-state index in [-0.39, 0.29) is 11.9 Å². The SMILES string of the molecule is O=C1NCCN1c1nc(Cc2nc([C@H]3CCOC3)no2)cs1. The lowest BCUT2D eigenvalue weighted by Crippen LogP contribution is -2.27. The van der Waals surface area contributed by atoms with Crippen LogP contribution in [0.1, 0.15) is 29.7 Å². The van der Waals surface area contributed by atoms with E-state index >= 15 is 0 Å². The Morgan fingerprint density at radius 1 is 1.45 bits per heavy atom. The summed E-state index contributed by atoms with van der Waals surface area (Å²) in [5.74, 6) is 1.49. The molecule has 2 saturated heterocycles. The van der Waals surface area contributed by atoms with Crippen LogP contribution in [0.5, 0.6) is 0 Å². The van der Waals surface area contributed by atoms with Crippen molar-refractivity contribution < 1.29 is 14.1 Å². The average molecular weight is 321 g/mol. The topological polar surface area (TPSA) is 93.4 Å². The number of nitrogens with one attached hydrogen (secondary N) is 1. The van der Waals surface area contributed by atoms with E-state index in [4.69, 9.17) is 9.26 Å². The lowest BCUT2D eigenvalue weighted by molar-refractivity contribution is 0.192. The first-order valence-electron chi connectivity index (χ1n) is 7.19. The molecule has 0 unspecified atom stereocenters. The van der Waals surface area contributed by atoms with Gasteiger partial charge in [-0.3, -0.25) is 4.90 Å². The fourth-order valence-corrected chi connectivity index (χ4v) is 3.40. The summed E-state index contributed by atoms with van der Waals surface area (Å²) >= 11 is 1.45. The summed E-state index contributed by atoms with van der Waals surface area (Å²) in [7, 11) is 0. The first-order chi connectivity index (χ1) is 10.8. The van der Waals surface area contributed by atoms with Crippen LogP contribution in [0.25, 0.3) is 0 Å². The first-order valence-corrected chi connectivity index (χ1v) is 8.07. The summed E-state index contributed by atoms with van der Waals surface area (Å²) < 4.78 is 10.6. The molecule has 0 aliphatic carbocycles. The van der Waals surface area contributed by atoms with Crippen molar-refractivity contribution in [3.05, 3.63) is 22.8 Å². The van der Waals surface area contributed by atoms with Gasteiger partial charge in [0.1, 0.15) is 0 Å². The van der Waals surface area contributed by atoms with Gasteiger partial charge in [0.05, 0.1) is 18.7 Å². The maximum atomic E-state index is 11.6. The molecule has 0 radical (unpaired) electrons. The summed E-state index contributed by atoms with van der Waals surface area (Å²) in [5, 5.41) is 9.41. The minimum absolute atomic E-state index is 0.0952. The summed E-state index contributed by atoms with van der Waals surface area (Å²) in [5.41, 5.74) is 0.831. The fourth-order valence-electron chi connectivity index (χ4n) is 2.55. The van der Waals surface area contributed by atoms with Gasteiger partial charge in [0.15, 0.2) is 11.0 Å². The van der Waals surface area contributed by atoms with Gasteiger partial charge < -0.3 is 14.6 Å². The summed E-state index contributed by atoms with van der Waals surface area (Å²) in [6.45, 7) is 2.72. The Labute approximate surface area is 130 Å². The van der Waals surface area contributed by atoms with Gasteiger partial charge in [0, 0.05) is 31.0 Å². The number of aromatic nitrogens is 3. The van der Waals surface area contributed by atoms with Crippen molar-refractivity contribution in [1.29, 1.82) is 0 Å². The van der Waals surface area contributed by atoms with Gasteiger partial charge in [-0.1, -0.05) is 5.16 Å². The molecule has 0 aromatic carbocycles. The second kappa shape index (κ2) is 5.65. The van der Waals surface area contributed by atoms with Gasteiger partial charge in [-0.2, -0.15) is 4.98 Å². The molecule has 0 saturated carbocycles. The largest absolute Gasteiger partial charge is 0.381 e. The van der Waals surface area contributed by atoms with E-state index in [0.29, 0.717) is 43.0 Å². The number of anilines is 1. The van der Waals surface area contributed by atoms with Crippen molar-refractivity contribution in [3.63, 3.8) is 0 Å². The smallest absolute Gasteiger partial charge is 0.323 e. The molecule has 2 aromatic heterocycles. The first kappa shape index (κ1) is 13.6. The highest BCUT2D eigenvalue weighted by Crippen LogP contribution is 2.25. The van der Waals surface area contributed by atoms with Gasteiger partial charge in [-0.05, 0) is 6.42 Å². The summed E-state index contributed by atoms with van der Waals surface area (Å²) in [6, 6.07) is -0.0952. The zero-order valence-electron chi connectivity index (χ0n) is 11.8. The number of carbonyl (C=O) groups excluding carboxylic acids is 1. The predicted octanol–water partition coefficient (Wildman–Crippen LogP) is 1.15. The van der Waals surface area contributed by atoms with E-state index in [1.807, 2.05) is 5.38 Å². The van der Waals surface area contributed by atoms with Gasteiger partial charge >= 0.3 is 6.03 Å². The van der Waals surface area contributed by atoms with Crippen molar-refractivity contribution in [2.75, 3.05) is 31.2 Å². The van der Waals surface area contributed by atoms with Crippen molar-refractivity contribution in [1.82, 2.24) is 20.4 Å². The Morgan fingerprint density at radius 3 is 3.18 bits per heavy atom. The molecule has 2 fully saturated rings. The Bertz CT molecular complexity index is 679. The fraction of sp³-hybridized carbons (Fsp3) is 0.538. The van der Waals surface area contributed by atoms with Crippen molar-refractivity contribution in [2.24, 2.45) is 0 Å². The molecule has 1 N–H and O–H groups in total. The van der Waals surface area contributed by atoms with Gasteiger partial charge in [-0.25, -0.2) is 9.78 Å². The van der Waals surface area contributed by atoms with Crippen LogP contribution in [0, 0.1) is 0 Å². The number of rotatable bonds is 4. The minimum Gasteiger partial charge on any atom is -0.381 e. The standard InChI is InChI=1S/C13H15N5O3S/c19-12-14-2-3-18(12)13-15-9(7-22-13)5-10-16-11(17-21-10)8-1-4-20-6-8/h7-8H,1-6H2,(H,14,19)/t8-/m0/s1. The molecule has 22 heavy (non-hydrogen) atoms. The highest BCUT2D eigenvalue weighted by atomic mass is 32.1. The van der Waals surface area contributed by atoms with Crippen LogP contribution in [0.2, 0.25) is 0 Å². The van der Waals surface area contributed by atoms with Crippen LogP contribution in [0.3, 0.4) is 0 Å². The summed E-state index contributed by atoms with van der Waals surface area (Å²) in [4.78, 5) is 22.2.